The van der Waals surface area contributed by atoms with Crippen LogP contribution in [-0.2, 0) is 13.1 Å². The third-order valence-electron chi connectivity index (χ3n) is 5.51. The lowest BCUT2D eigenvalue weighted by atomic mass is 10.1. The molecule has 2 N–H and O–H groups in total. The van der Waals surface area contributed by atoms with Gasteiger partial charge in [-0.2, -0.15) is 0 Å². The summed E-state index contributed by atoms with van der Waals surface area (Å²) >= 11 is 0. The fourth-order valence-electron chi connectivity index (χ4n) is 3.81. The largest absolute Gasteiger partial charge is 0.381 e. The lowest BCUT2D eigenvalue weighted by Gasteiger charge is -2.11. The topological polar surface area (TPSA) is 24.1 Å². The van der Waals surface area contributed by atoms with Crippen molar-refractivity contribution in [2.75, 3.05) is 10.6 Å². The van der Waals surface area contributed by atoms with Gasteiger partial charge in [-0.05, 0) is 69.1 Å². The Labute approximate surface area is 177 Å². The fraction of sp³-hybridized carbons (Fsp3) is 0.0714. The molecule has 0 aliphatic heterocycles. The second-order valence-corrected chi connectivity index (χ2v) is 7.65. The summed E-state index contributed by atoms with van der Waals surface area (Å²) in [6, 6.07) is 38.7. The summed E-state index contributed by atoms with van der Waals surface area (Å²) in [7, 11) is 0. The van der Waals surface area contributed by atoms with Gasteiger partial charge in [-0.1, -0.05) is 72.8 Å². The Bertz CT molecular complexity index is 1190. The molecule has 0 saturated carbocycles. The summed E-state index contributed by atoms with van der Waals surface area (Å²) in [6.07, 6.45) is 0. The van der Waals surface area contributed by atoms with Crippen molar-refractivity contribution in [3.63, 3.8) is 0 Å². The molecule has 0 aliphatic carbocycles. The minimum atomic E-state index is 0.814. The molecule has 0 unspecified atom stereocenters. The van der Waals surface area contributed by atoms with E-state index in [4.69, 9.17) is 0 Å². The van der Waals surface area contributed by atoms with Crippen LogP contribution in [0.2, 0.25) is 0 Å². The van der Waals surface area contributed by atoms with Gasteiger partial charge in [-0.15, -0.1) is 0 Å². The molecular weight excluding hydrogens is 364 g/mol. The lowest BCUT2D eigenvalue weighted by molar-refractivity contribution is 1.14. The zero-order chi connectivity index (χ0) is 20.2. The Morgan fingerprint density at radius 1 is 0.400 bits per heavy atom. The van der Waals surface area contributed by atoms with E-state index in [0.717, 1.165) is 24.5 Å². The van der Waals surface area contributed by atoms with Gasteiger partial charge >= 0.3 is 0 Å². The molecule has 5 rings (SSSR count). The van der Waals surface area contributed by atoms with E-state index >= 15 is 0 Å². The van der Waals surface area contributed by atoms with E-state index in [2.05, 4.69) is 120 Å². The zero-order valence-electron chi connectivity index (χ0n) is 16.8. The summed E-state index contributed by atoms with van der Waals surface area (Å²) in [4.78, 5) is 0. The molecule has 2 nitrogen and oxygen atoms in total. The van der Waals surface area contributed by atoms with Gasteiger partial charge in [0.05, 0.1) is 0 Å². The number of benzene rings is 5. The van der Waals surface area contributed by atoms with Crippen molar-refractivity contribution in [1.29, 1.82) is 0 Å². The molecule has 0 bridgehead atoms. The second kappa shape index (κ2) is 8.30. The predicted octanol–water partition coefficient (Wildman–Crippen LogP) is 7.22. The monoisotopic (exact) mass is 388 g/mol. The maximum Gasteiger partial charge on any atom is 0.0401 e. The minimum absolute atomic E-state index is 0.814. The van der Waals surface area contributed by atoms with Gasteiger partial charge in [-0.3, -0.25) is 0 Å². The van der Waals surface area contributed by atoms with E-state index in [0.29, 0.717) is 0 Å². The predicted molar refractivity (Wildman–Crippen MR) is 129 cm³/mol. The Balaban J connectivity index is 1.19. The summed E-state index contributed by atoms with van der Waals surface area (Å²) in [6.45, 7) is 1.63. The molecular formula is C28H24N2. The molecule has 146 valence electrons. The first kappa shape index (κ1) is 18.3. The van der Waals surface area contributed by atoms with E-state index in [9.17, 15) is 0 Å². The highest BCUT2D eigenvalue weighted by Gasteiger charge is 2.00. The molecule has 0 aromatic heterocycles. The molecule has 0 fully saturated rings. The van der Waals surface area contributed by atoms with Gasteiger partial charge < -0.3 is 10.6 Å². The molecule has 0 atom stereocenters. The Kier molecular flexibility index (Phi) is 5.05. The van der Waals surface area contributed by atoms with E-state index in [1.165, 1.54) is 32.7 Å². The first-order chi connectivity index (χ1) is 14.8. The van der Waals surface area contributed by atoms with Crippen LogP contribution in [0.5, 0.6) is 0 Å². The quantitative estimate of drug-likeness (QED) is 0.321. The normalized spacial score (nSPS) is 10.9. The SMILES string of the molecule is c1ccc2cc(CNc3ccc(NCc4ccc5ccccc5c4)cc3)ccc2c1. The van der Waals surface area contributed by atoms with Crippen molar-refractivity contribution < 1.29 is 0 Å². The highest BCUT2D eigenvalue weighted by Crippen LogP contribution is 2.20. The highest BCUT2D eigenvalue weighted by molar-refractivity contribution is 5.83. The first-order valence-electron chi connectivity index (χ1n) is 10.4. The number of fused-ring (bicyclic) bond motifs is 2. The van der Waals surface area contributed by atoms with Crippen molar-refractivity contribution in [2.45, 2.75) is 13.1 Å². The molecule has 5 aromatic rings. The Morgan fingerprint density at radius 2 is 0.800 bits per heavy atom. The number of hydrogen-bond donors (Lipinski definition) is 2. The van der Waals surface area contributed by atoms with Crippen molar-refractivity contribution in [3.05, 3.63) is 120 Å². The lowest BCUT2D eigenvalue weighted by Crippen LogP contribution is -2.01. The standard InChI is InChI=1S/C28H24N2/c1-3-7-25-17-21(9-11-23(25)5-1)19-29-27-13-15-28(16-14-27)30-20-22-10-12-24-6-2-4-8-26(24)18-22/h1-18,29-30H,19-20H2. The Hall–Kier alpha value is -3.78. The molecule has 0 amide bonds. The minimum Gasteiger partial charge on any atom is -0.381 e. The smallest absolute Gasteiger partial charge is 0.0401 e. The summed E-state index contributed by atoms with van der Waals surface area (Å²) in [5.74, 6) is 0. The second-order valence-electron chi connectivity index (χ2n) is 7.65. The number of hydrogen-bond acceptors (Lipinski definition) is 2. The number of rotatable bonds is 6. The molecule has 0 saturated heterocycles. The maximum atomic E-state index is 3.52. The van der Waals surface area contributed by atoms with Gasteiger partial charge in [0, 0.05) is 24.5 Å². The van der Waals surface area contributed by atoms with Gasteiger partial charge in [0.25, 0.3) is 0 Å². The van der Waals surface area contributed by atoms with Crippen LogP contribution in [0.15, 0.2) is 109 Å². The zero-order valence-corrected chi connectivity index (χ0v) is 16.8. The molecule has 30 heavy (non-hydrogen) atoms. The van der Waals surface area contributed by atoms with Crippen molar-refractivity contribution in [3.8, 4) is 0 Å². The number of anilines is 2. The van der Waals surface area contributed by atoms with Crippen LogP contribution in [-0.4, -0.2) is 0 Å². The van der Waals surface area contributed by atoms with Crippen molar-refractivity contribution >= 4 is 32.9 Å². The van der Waals surface area contributed by atoms with Gasteiger partial charge in [0.2, 0.25) is 0 Å². The molecule has 0 heterocycles. The Morgan fingerprint density at radius 3 is 1.23 bits per heavy atom. The van der Waals surface area contributed by atoms with Crippen LogP contribution >= 0.6 is 0 Å². The molecule has 0 aliphatic rings. The first-order valence-corrected chi connectivity index (χ1v) is 10.4. The van der Waals surface area contributed by atoms with E-state index in [1.807, 2.05) is 0 Å². The molecule has 0 radical (unpaired) electrons. The van der Waals surface area contributed by atoms with Gasteiger partial charge in [-0.25, -0.2) is 0 Å². The van der Waals surface area contributed by atoms with Crippen LogP contribution in [0.1, 0.15) is 11.1 Å². The van der Waals surface area contributed by atoms with Crippen LogP contribution in [0.25, 0.3) is 21.5 Å². The van der Waals surface area contributed by atoms with Crippen LogP contribution in [0, 0.1) is 0 Å². The fourth-order valence-corrected chi connectivity index (χ4v) is 3.81. The van der Waals surface area contributed by atoms with E-state index < -0.39 is 0 Å². The average molecular weight is 389 g/mol. The third kappa shape index (κ3) is 4.13. The summed E-state index contributed by atoms with van der Waals surface area (Å²) in [5, 5.41) is 12.2. The van der Waals surface area contributed by atoms with Crippen LogP contribution in [0.3, 0.4) is 0 Å². The molecule has 2 heteroatoms. The van der Waals surface area contributed by atoms with E-state index in [-0.39, 0.29) is 0 Å². The highest BCUT2D eigenvalue weighted by atomic mass is 14.9. The van der Waals surface area contributed by atoms with Crippen LogP contribution in [0.4, 0.5) is 11.4 Å². The summed E-state index contributed by atoms with van der Waals surface area (Å²) in [5.41, 5.74) is 4.82. The van der Waals surface area contributed by atoms with Gasteiger partial charge in [0.1, 0.15) is 0 Å². The number of nitrogens with one attached hydrogen (secondary N) is 2. The van der Waals surface area contributed by atoms with Crippen molar-refractivity contribution in [1.82, 2.24) is 0 Å². The third-order valence-corrected chi connectivity index (χ3v) is 5.51. The molecule has 5 aromatic carbocycles. The average Bonchev–Trinajstić information content (AvgIpc) is 2.82. The maximum absolute atomic E-state index is 3.52. The van der Waals surface area contributed by atoms with Crippen molar-refractivity contribution in [2.24, 2.45) is 0 Å². The van der Waals surface area contributed by atoms with E-state index in [1.54, 1.807) is 0 Å². The molecule has 0 spiro atoms. The van der Waals surface area contributed by atoms with Gasteiger partial charge in [0.15, 0.2) is 0 Å². The van der Waals surface area contributed by atoms with Crippen LogP contribution < -0.4 is 10.6 Å². The summed E-state index contributed by atoms with van der Waals surface area (Å²) < 4.78 is 0.